The van der Waals surface area contributed by atoms with Crippen LogP contribution in [0.5, 0.6) is 0 Å². The van der Waals surface area contributed by atoms with Crippen LogP contribution >= 0.6 is 11.3 Å². The predicted octanol–water partition coefficient (Wildman–Crippen LogP) is 5.74. The summed E-state index contributed by atoms with van der Waals surface area (Å²) in [7, 11) is 0. The molecule has 27 heavy (non-hydrogen) atoms. The minimum atomic E-state index is -0.150. The Labute approximate surface area is 166 Å². The van der Waals surface area contributed by atoms with Crippen molar-refractivity contribution in [2.45, 2.75) is 69.4 Å². The lowest BCUT2D eigenvalue weighted by Crippen LogP contribution is -2.47. The Morgan fingerprint density at radius 3 is 2.59 bits per heavy atom. The molecule has 2 aliphatic rings. The summed E-state index contributed by atoms with van der Waals surface area (Å²) in [6.45, 7) is 4.91. The first kappa shape index (κ1) is 19.1. The van der Waals surface area contributed by atoms with Crippen LogP contribution in [0.1, 0.15) is 60.9 Å². The normalized spacial score (nSPS) is 24.5. The van der Waals surface area contributed by atoms with Crippen LogP contribution in [-0.4, -0.2) is 18.8 Å². The molecular formula is C23H30FNOS. The van der Waals surface area contributed by atoms with E-state index >= 15 is 0 Å². The topological polar surface area (TPSA) is 21.3 Å². The van der Waals surface area contributed by atoms with Crippen molar-refractivity contribution in [2.24, 2.45) is 0 Å². The first-order valence-corrected chi connectivity index (χ1v) is 11.1. The van der Waals surface area contributed by atoms with Crippen molar-refractivity contribution in [3.63, 3.8) is 0 Å². The van der Waals surface area contributed by atoms with E-state index in [9.17, 15) is 4.39 Å². The lowest BCUT2D eigenvalue weighted by Gasteiger charge is -2.47. The van der Waals surface area contributed by atoms with E-state index in [1.54, 1.807) is 12.1 Å². The van der Waals surface area contributed by atoms with Gasteiger partial charge in [0, 0.05) is 23.4 Å². The van der Waals surface area contributed by atoms with Gasteiger partial charge in [-0.05, 0) is 80.3 Å². The first-order chi connectivity index (χ1) is 13.1. The molecule has 2 nitrogen and oxygen atoms in total. The standard InChI is InChI=1S/C23H30FNOS/c1-18-8-15-27-21(18)16-25-13-11-22(19-4-6-20(24)7-5-19)12-14-26-23(17-22)9-2-3-10-23/h4-8,15,25H,2-3,9-14,16-17H2,1H3/t22-/m1/s1. The van der Waals surface area contributed by atoms with Gasteiger partial charge in [0.2, 0.25) is 0 Å². The summed E-state index contributed by atoms with van der Waals surface area (Å²) in [6.07, 6.45) is 8.08. The fourth-order valence-corrected chi connectivity index (χ4v) is 5.96. The highest BCUT2D eigenvalue weighted by Crippen LogP contribution is 2.50. The highest BCUT2D eigenvalue weighted by atomic mass is 32.1. The number of ether oxygens (including phenoxy) is 1. The van der Waals surface area contributed by atoms with Gasteiger partial charge in [0.1, 0.15) is 5.82 Å². The molecule has 1 N–H and O–H groups in total. The summed E-state index contributed by atoms with van der Waals surface area (Å²) in [5, 5.41) is 5.82. The Hall–Kier alpha value is -1.23. The molecule has 4 heteroatoms. The third kappa shape index (κ3) is 4.13. The molecule has 1 aliphatic heterocycles. The molecule has 4 rings (SSSR count). The van der Waals surface area contributed by atoms with E-state index in [1.165, 1.54) is 41.7 Å². The molecule has 2 fully saturated rings. The lowest BCUT2D eigenvalue weighted by atomic mass is 9.66. The quantitative estimate of drug-likeness (QED) is 0.639. The van der Waals surface area contributed by atoms with Crippen molar-refractivity contribution < 1.29 is 9.13 Å². The molecular weight excluding hydrogens is 357 g/mol. The molecule has 0 bridgehead atoms. The number of benzene rings is 1. The SMILES string of the molecule is Cc1ccsc1CNCC[C@@]1(c2ccc(F)cc2)CCOC2(CCCC2)C1. The number of thiophene rings is 1. The average molecular weight is 388 g/mol. The van der Waals surface area contributed by atoms with E-state index in [0.29, 0.717) is 0 Å². The number of nitrogens with one attached hydrogen (secondary N) is 1. The second-order valence-electron chi connectivity index (χ2n) is 8.41. The predicted molar refractivity (Wildman–Crippen MR) is 110 cm³/mol. The maximum absolute atomic E-state index is 13.5. The molecule has 1 aromatic carbocycles. The molecule has 1 aromatic heterocycles. The van der Waals surface area contributed by atoms with Gasteiger partial charge >= 0.3 is 0 Å². The number of aryl methyl sites for hydroxylation is 1. The molecule has 146 valence electrons. The summed E-state index contributed by atoms with van der Waals surface area (Å²) in [4.78, 5) is 1.42. The van der Waals surface area contributed by atoms with Gasteiger partial charge in [0.15, 0.2) is 0 Å². The molecule has 1 atom stereocenters. The zero-order valence-corrected chi connectivity index (χ0v) is 17.0. The van der Waals surface area contributed by atoms with Gasteiger partial charge in [0.25, 0.3) is 0 Å². The maximum atomic E-state index is 13.5. The zero-order valence-electron chi connectivity index (χ0n) is 16.2. The van der Waals surface area contributed by atoms with E-state index in [1.807, 2.05) is 23.5 Å². The maximum Gasteiger partial charge on any atom is 0.123 e. The van der Waals surface area contributed by atoms with Crippen molar-refractivity contribution in [3.05, 3.63) is 57.5 Å². The Balaban J connectivity index is 1.49. The molecule has 0 unspecified atom stereocenters. The Kier molecular flexibility index (Phi) is 5.68. The third-order valence-electron chi connectivity index (χ3n) is 6.65. The molecule has 1 spiro atoms. The van der Waals surface area contributed by atoms with E-state index in [4.69, 9.17) is 4.74 Å². The van der Waals surface area contributed by atoms with E-state index < -0.39 is 0 Å². The van der Waals surface area contributed by atoms with Gasteiger partial charge in [-0.1, -0.05) is 25.0 Å². The van der Waals surface area contributed by atoms with Crippen LogP contribution in [0.25, 0.3) is 0 Å². The Morgan fingerprint density at radius 2 is 1.89 bits per heavy atom. The van der Waals surface area contributed by atoms with E-state index in [-0.39, 0.29) is 16.8 Å². The zero-order chi connectivity index (χ0) is 18.7. The van der Waals surface area contributed by atoms with Crippen molar-refractivity contribution in [1.82, 2.24) is 5.32 Å². The fourth-order valence-electron chi connectivity index (χ4n) is 5.08. The molecule has 1 aliphatic carbocycles. The second kappa shape index (κ2) is 8.02. The summed E-state index contributed by atoms with van der Waals surface area (Å²) >= 11 is 1.82. The summed E-state index contributed by atoms with van der Waals surface area (Å²) < 4.78 is 19.9. The third-order valence-corrected chi connectivity index (χ3v) is 7.68. The van der Waals surface area contributed by atoms with Gasteiger partial charge in [-0.25, -0.2) is 4.39 Å². The van der Waals surface area contributed by atoms with Gasteiger partial charge in [-0.15, -0.1) is 11.3 Å². The van der Waals surface area contributed by atoms with Crippen molar-refractivity contribution in [2.75, 3.05) is 13.2 Å². The van der Waals surface area contributed by atoms with E-state index in [0.717, 1.165) is 39.0 Å². The van der Waals surface area contributed by atoms with Gasteiger partial charge in [-0.2, -0.15) is 0 Å². The van der Waals surface area contributed by atoms with Crippen LogP contribution in [0.3, 0.4) is 0 Å². The monoisotopic (exact) mass is 387 g/mol. The lowest BCUT2D eigenvalue weighted by molar-refractivity contribution is -0.103. The minimum Gasteiger partial charge on any atom is -0.375 e. The van der Waals surface area contributed by atoms with Crippen LogP contribution in [-0.2, 0) is 16.7 Å². The molecule has 0 radical (unpaired) electrons. The molecule has 2 aromatic rings. The molecule has 0 amide bonds. The molecule has 1 saturated carbocycles. The first-order valence-electron chi connectivity index (χ1n) is 10.2. The summed E-state index contributed by atoms with van der Waals surface area (Å²) in [5.74, 6) is -0.150. The summed E-state index contributed by atoms with van der Waals surface area (Å²) in [5.41, 5.74) is 2.80. The Morgan fingerprint density at radius 1 is 1.11 bits per heavy atom. The van der Waals surface area contributed by atoms with Gasteiger partial charge in [-0.3, -0.25) is 0 Å². The van der Waals surface area contributed by atoms with Crippen LogP contribution in [0.15, 0.2) is 35.7 Å². The second-order valence-corrected chi connectivity index (χ2v) is 9.41. The minimum absolute atomic E-state index is 0.0526. The van der Waals surface area contributed by atoms with Crippen LogP contribution in [0.4, 0.5) is 4.39 Å². The van der Waals surface area contributed by atoms with Crippen molar-refractivity contribution in [3.8, 4) is 0 Å². The van der Waals surface area contributed by atoms with Gasteiger partial charge in [0.05, 0.1) is 5.60 Å². The van der Waals surface area contributed by atoms with Crippen molar-refractivity contribution in [1.29, 1.82) is 0 Å². The fraction of sp³-hybridized carbons (Fsp3) is 0.565. The number of halogens is 1. The average Bonchev–Trinajstić information content (AvgIpc) is 3.28. The highest BCUT2D eigenvalue weighted by Gasteiger charge is 2.47. The van der Waals surface area contributed by atoms with Crippen LogP contribution < -0.4 is 5.32 Å². The Bertz CT molecular complexity index is 750. The number of hydrogen-bond donors (Lipinski definition) is 1. The number of rotatable bonds is 6. The van der Waals surface area contributed by atoms with Crippen LogP contribution in [0, 0.1) is 12.7 Å². The smallest absolute Gasteiger partial charge is 0.123 e. The van der Waals surface area contributed by atoms with E-state index in [2.05, 4.69) is 23.7 Å². The molecule has 2 heterocycles. The number of hydrogen-bond acceptors (Lipinski definition) is 3. The highest BCUT2D eigenvalue weighted by molar-refractivity contribution is 7.10. The largest absolute Gasteiger partial charge is 0.375 e. The summed E-state index contributed by atoms with van der Waals surface area (Å²) in [6, 6.07) is 9.44. The molecule has 1 saturated heterocycles. The van der Waals surface area contributed by atoms with Gasteiger partial charge < -0.3 is 10.1 Å². The van der Waals surface area contributed by atoms with Crippen molar-refractivity contribution >= 4 is 11.3 Å². The van der Waals surface area contributed by atoms with Crippen LogP contribution in [0.2, 0.25) is 0 Å².